The van der Waals surface area contributed by atoms with Crippen LogP contribution in [0.25, 0.3) is 0 Å². The van der Waals surface area contributed by atoms with Gasteiger partial charge in [0.15, 0.2) is 11.5 Å². The number of hydrogen-bond acceptors (Lipinski definition) is 4. The Labute approximate surface area is 125 Å². The molecule has 0 saturated carbocycles. The zero-order chi connectivity index (χ0) is 13.8. The van der Waals surface area contributed by atoms with Crippen LogP contribution in [-0.4, -0.2) is 37.8 Å². The summed E-state index contributed by atoms with van der Waals surface area (Å²) >= 11 is 2.02. The number of ether oxygens (including phenoxy) is 2. The third-order valence-corrected chi connectivity index (χ3v) is 5.23. The van der Waals surface area contributed by atoms with E-state index in [1.165, 1.54) is 23.5 Å². The van der Waals surface area contributed by atoms with Gasteiger partial charge >= 0.3 is 0 Å². The second kappa shape index (κ2) is 6.72. The molecule has 2 aliphatic heterocycles. The van der Waals surface area contributed by atoms with Gasteiger partial charge in [0.25, 0.3) is 0 Å². The van der Waals surface area contributed by atoms with Crippen LogP contribution in [0.1, 0.15) is 30.7 Å². The molecule has 2 aliphatic rings. The molecule has 110 valence electrons. The Bertz CT molecular complexity index is 440. The van der Waals surface area contributed by atoms with Gasteiger partial charge in [-0.15, -0.1) is 0 Å². The Hall–Kier alpha value is -0.870. The summed E-state index contributed by atoms with van der Waals surface area (Å²) in [5.74, 6) is 4.82. The maximum Gasteiger partial charge on any atom is 0.161 e. The first-order valence-corrected chi connectivity index (χ1v) is 8.65. The van der Waals surface area contributed by atoms with E-state index in [9.17, 15) is 0 Å². The molecule has 0 aliphatic carbocycles. The van der Waals surface area contributed by atoms with Crippen molar-refractivity contribution < 1.29 is 9.47 Å². The van der Waals surface area contributed by atoms with E-state index in [0.29, 0.717) is 12.0 Å². The Morgan fingerprint density at radius 1 is 1.15 bits per heavy atom. The van der Waals surface area contributed by atoms with E-state index in [-0.39, 0.29) is 0 Å². The van der Waals surface area contributed by atoms with Crippen molar-refractivity contribution >= 4 is 11.8 Å². The van der Waals surface area contributed by atoms with E-state index in [1.807, 2.05) is 11.8 Å². The lowest BCUT2D eigenvalue weighted by Gasteiger charge is -2.24. The second-order valence-corrected chi connectivity index (χ2v) is 6.75. The summed E-state index contributed by atoms with van der Waals surface area (Å²) in [5.41, 5.74) is 1.37. The quantitative estimate of drug-likeness (QED) is 0.924. The molecule has 1 atom stereocenters. The van der Waals surface area contributed by atoms with Gasteiger partial charge in [-0.05, 0) is 60.9 Å². The average molecular weight is 293 g/mol. The number of benzene rings is 1. The van der Waals surface area contributed by atoms with Crippen LogP contribution in [0.4, 0.5) is 0 Å². The molecule has 2 saturated heterocycles. The Morgan fingerprint density at radius 2 is 2.00 bits per heavy atom. The van der Waals surface area contributed by atoms with Gasteiger partial charge in [0.05, 0.1) is 7.11 Å². The second-order valence-electron chi connectivity index (χ2n) is 5.53. The number of methoxy groups -OCH3 is 1. The Kier molecular flexibility index (Phi) is 4.73. The first-order chi connectivity index (χ1) is 9.86. The van der Waals surface area contributed by atoms with Gasteiger partial charge < -0.3 is 14.8 Å². The molecule has 3 rings (SSSR count). The molecule has 2 heterocycles. The minimum atomic E-state index is 0.349. The van der Waals surface area contributed by atoms with Gasteiger partial charge in [-0.3, -0.25) is 0 Å². The molecule has 0 aromatic heterocycles. The Balaban J connectivity index is 1.76. The standard InChI is InChI=1S/C16H23NO2S/c1-18-15-3-2-12(13-4-7-17-11-13)10-16(15)19-14-5-8-20-9-6-14/h2-3,10,13-14,17H,4-9,11H2,1H3. The summed E-state index contributed by atoms with van der Waals surface area (Å²) in [6.07, 6.45) is 3.85. The van der Waals surface area contributed by atoms with Crippen LogP contribution in [0.2, 0.25) is 0 Å². The van der Waals surface area contributed by atoms with Gasteiger partial charge in [0.2, 0.25) is 0 Å². The highest BCUT2D eigenvalue weighted by Crippen LogP contribution is 2.34. The van der Waals surface area contributed by atoms with Gasteiger partial charge in [-0.25, -0.2) is 0 Å². The Morgan fingerprint density at radius 3 is 2.70 bits per heavy atom. The first-order valence-electron chi connectivity index (χ1n) is 7.50. The molecule has 0 spiro atoms. The molecule has 4 heteroatoms. The third kappa shape index (κ3) is 3.23. The highest BCUT2D eigenvalue weighted by atomic mass is 32.2. The minimum Gasteiger partial charge on any atom is -0.493 e. The zero-order valence-corrected chi connectivity index (χ0v) is 12.9. The summed E-state index contributed by atoms with van der Waals surface area (Å²) < 4.78 is 11.7. The summed E-state index contributed by atoms with van der Waals surface area (Å²) in [7, 11) is 1.72. The molecule has 3 nitrogen and oxygen atoms in total. The van der Waals surface area contributed by atoms with Gasteiger partial charge in [-0.2, -0.15) is 11.8 Å². The normalized spacial score (nSPS) is 23.8. The van der Waals surface area contributed by atoms with E-state index in [0.717, 1.165) is 37.4 Å². The van der Waals surface area contributed by atoms with Crippen molar-refractivity contribution in [2.24, 2.45) is 0 Å². The summed E-state index contributed by atoms with van der Waals surface area (Å²) in [5, 5.41) is 3.43. The number of nitrogens with one attached hydrogen (secondary N) is 1. The van der Waals surface area contributed by atoms with E-state index >= 15 is 0 Å². The lowest BCUT2D eigenvalue weighted by atomic mass is 9.98. The first kappa shape index (κ1) is 14.1. The predicted molar refractivity (Wildman–Crippen MR) is 84.2 cm³/mol. The number of thioether (sulfide) groups is 1. The van der Waals surface area contributed by atoms with E-state index in [4.69, 9.17) is 9.47 Å². The maximum atomic E-state index is 6.22. The van der Waals surface area contributed by atoms with Crippen LogP contribution in [0.15, 0.2) is 18.2 Å². The van der Waals surface area contributed by atoms with Gasteiger partial charge in [0, 0.05) is 6.54 Å². The predicted octanol–water partition coefficient (Wildman–Crippen LogP) is 3.05. The summed E-state index contributed by atoms with van der Waals surface area (Å²) in [6.45, 7) is 2.19. The summed E-state index contributed by atoms with van der Waals surface area (Å²) in [6, 6.07) is 6.43. The molecule has 0 radical (unpaired) electrons. The molecule has 1 aromatic carbocycles. The largest absolute Gasteiger partial charge is 0.493 e. The maximum absolute atomic E-state index is 6.22. The monoisotopic (exact) mass is 293 g/mol. The summed E-state index contributed by atoms with van der Waals surface area (Å²) in [4.78, 5) is 0. The van der Waals surface area contributed by atoms with E-state index in [1.54, 1.807) is 7.11 Å². The lowest BCUT2D eigenvalue weighted by Crippen LogP contribution is -2.22. The molecular weight excluding hydrogens is 270 g/mol. The van der Waals surface area contributed by atoms with E-state index in [2.05, 4.69) is 23.5 Å². The van der Waals surface area contributed by atoms with Gasteiger partial charge in [-0.1, -0.05) is 6.07 Å². The molecule has 0 bridgehead atoms. The highest BCUT2D eigenvalue weighted by molar-refractivity contribution is 7.99. The van der Waals surface area contributed by atoms with Crippen LogP contribution in [0.3, 0.4) is 0 Å². The van der Waals surface area contributed by atoms with Crippen LogP contribution in [0.5, 0.6) is 11.5 Å². The molecule has 1 unspecified atom stereocenters. The van der Waals surface area contributed by atoms with Gasteiger partial charge in [0.1, 0.15) is 6.10 Å². The van der Waals surface area contributed by atoms with Crippen LogP contribution < -0.4 is 14.8 Å². The molecule has 1 N–H and O–H groups in total. The molecule has 1 aromatic rings. The molecular formula is C16H23NO2S. The lowest BCUT2D eigenvalue weighted by molar-refractivity contribution is 0.184. The van der Waals surface area contributed by atoms with Crippen LogP contribution >= 0.6 is 11.8 Å². The van der Waals surface area contributed by atoms with Crippen molar-refractivity contribution in [3.8, 4) is 11.5 Å². The number of hydrogen-bond donors (Lipinski definition) is 1. The van der Waals surface area contributed by atoms with Crippen LogP contribution in [0, 0.1) is 0 Å². The molecule has 20 heavy (non-hydrogen) atoms. The number of rotatable bonds is 4. The van der Waals surface area contributed by atoms with Crippen LogP contribution in [-0.2, 0) is 0 Å². The fourth-order valence-electron chi connectivity index (χ4n) is 2.95. The fraction of sp³-hybridized carbons (Fsp3) is 0.625. The van der Waals surface area contributed by atoms with E-state index < -0.39 is 0 Å². The molecule has 2 fully saturated rings. The van der Waals surface area contributed by atoms with Crippen molar-refractivity contribution in [1.29, 1.82) is 0 Å². The SMILES string of the molecule is COc1ccc(C2CCNC2)cc1OC1CCSCC1. The van der Waals surface area contributed by atoms with Crippen molar-refractivity contribution in [3.05, 3.63) is 23.8 Å². The van der Waals surface area contributed by atoms with Crippen molar-refractivity contribution in [2.45, 2.75) is 31.3 Å². The fourth-order valence-corrected chi connectivity index (χ4v) is 4.02. The average Bonchev–Trinajstić information content (AvgIpc) is 3.02. The van der Waals surface area contributed by atoms with Crippen molar-refractivity contribution in [2.75, 3.05) is 31.7 Å². The highest BCUT2D eigenvalue weighted by Gasteiger charge is 2.21. The third-order valence-electron chi connectivity index (χ3n) is 4.18. The van der Waals surface area contributed by atoms with Crippen molar-refractivity contribution in [3.63, 3.8) is 0 Å². The zero-order valence-electron chi connectivity index (χ0n) is 12.1. The minimum absolute atomic E-state index is 0.349. The topological polar surface area (TPSA) is 30.5 Å². The smallest absolute Gasteiger partial charge is 0.161 e. The molecule has 0 amide bonds. The van der Waals surface area contributed by atoms with Crippen molar-refractivity contribution in [1.82, 2.24) is 5.32 Å².